The first kappa shape index (κ1) is 29.7. The minimum atomic E-state index is -1.42. The fourth-order valence-electron chi connectivity index (χ4n) is 4.07. The van der Waals surface area contributed by atoms with E-state index in [9.17, 15) is 29.4 Å². The first-order chi connectivity index (χ1) is 18.6. The number of fused-ring (bicyclic) bond motifs is 1. The Balaban J connectivity index is 1.61. The summed E-state index contributed by atoms with van der Waals surface area (Å²) in [5, 5.41) is 28.0. The molecule has 12 heteroatoms. The lowest BCUT2D eigenvalue weighted by Crippen LogP contribution is -2.60. The van der Waals surface area contributed by atoms with Crippen LogP contribution in [0, 0.1) is 0 Å². The number of aromatic amines is 1. The van der Waals surface area contributed by atoms with Crippen LogP contribution in [0.1, 0.15) is 18.1 Å². The number of aliphatic carboxylic acids is 1. The highest BCUT2D eigenvalue weighted by Crippen LogP contribution is 2.18. The summed E-state index contributed by atoms with van der Waals surface area (Å²) in [6, 6.07) is 11.4. The molecule has 0 aliphatic carbocycles. The van der Waals surface area contributed by atoms with E-state index in [1.165, 1.54) is 6.92 Å². The van der Waals surface area contributed by atoms with Crippen LogP contribution < -0.4 is 21.7 Å². The molecule has 0 aliphatic rings. The van der Waals surface area contributed by atoms with Crippen LogP contribution in [-0.4, -0.2) is 74.9 Å². The molecule has 5 atom stereocenters. The van der Waals surface area contributed by atoms with E-state index in [0.29, 0.717) is 5.56 Å². The van der Waals surface area contributed by atoms with Gasteiger partial charge in [-0.3, -0.25) is 14.4 Å². The maximum absolute atomic E-state index is 13.0. The molecule has 0 saturated carbocycles. The minimum Gasteiger partial charge on any atom is -0.480 e. The van der Waals surface area contributed by atoms with Gasteiger partial charge in [-0.1, -0.05) is 48.5 Å². The first-order valence-corrected chi connectivity index (χ1v) is 13.0. The van der Waals surface area contributed by atoms with E-state index >= 15 is 0 Å². The van der Waals surface area contributed by atoms with E-state index in [0.717, 1.165) is 16.5 Å². The quantitative estimate of drug-likeness (QED) is 0.138. The number of nitrogens with one attached hydrogen (secondary N) is 4. The number of hydrogen-bond acceptors (Lipinski definition) is 7. The van der Waals surface area contributed by atoms with Crippen molar-refractivity contribution in [1.29, 1.82) is 0 Å². The molecule has 39 heavy (non-hydrogen) atoms. The molecule has 11 nitrogen and oxygen atoms in total. The van der Waals surface area contributed by atoms with E-state index in [1.54, 1.807) is 36.5 Å². The molecule has 1 aromatic heterocycles. The Morgan fingerprint density at radius 2 is 1.54 bits per heavy atom. The number of aromatic nitrogens is 1. The summed E-state index contributed by atoms with van der Waals surface area (Å²) >= 11 is 4.11. The Morgan fingerprint density at radius 3 is 2.18 bits per heavy atom. The zero-order valence-corrected chi connectivity index (χ0v) is 22.2. The van der Waals surface area contributed by atoms with Crippen LogP contribution in [-0.2, 0) is 32.0 Å². The zero-order chi connectivity index (χ0) is 28.5. The highest BCUT2D eigenvalue weighted by Gasteiger charge is 2.32. The van der Waals surface area contributed by atoms with Crippen molar-refractivity contribution in [2.24, 2.45) is 5.73 Å². The molecule has 0 radical (unpaired) electrons. The van der Waals surface area contributed by atoms with Gasteiger partial charge in [0.1, 0.15) is 18.1 Å². The van der Waals surface area contributed by atoms with E-state index < -0.39 is 54.0 Å². The maximum atomic E-state index is 13.0. The van der Waals surface area contributed by atoms with E-state index in [-0.39, 0.29) is 18.6 Å². The topological polar surface area (TPSA) is 187 Å². The number of amides is 3. The third-order valence-corrected chi connectivity index (χ3v) is 6.59. The number of aliphatic hydroxyl groups excluding tert-OH is 1. The normalized spacial score (nSPS) is 15.0. The number of carboxylic acid groups (broad SMARTS) is 1. The van der Waals surface area contributed by atoms with Gasteiger partial charge in [0.15, 0.2) is 0 Å². The maximum Gasteiger partial charge on any atom is 0.326 e. The van der Waals surface area contributed by atoms with Crippen molar-refractivity contribution in [2.45, 2.75) is 50.0 Å². The third kappa shape index (κ3) is 8.06. The molecule has 0 aliphatic heterocycles. The number of thiol groups is 1. The molecule has 208 valence electrons. The van der Waals surface area contributed by atoms with E-state index in [2.05, 4.69) is 33.6 Å². The summed E-state index contributed by atoms with van der Waals surface area (Å²) in [5.41, 5.74) is 8.52. The summed E-state index contributed by atoms with van der Waals surface area (Å²) in [5.74, 6) is -3.68. The highest BCUT2D eigenvalue weighted by molar-refractivity contribution is 7.80. The van der Waals surface area contributed by atoms with E-state index in [1.807, 2.05) is 24.3 Å². The molecule has 3 rings (SSSR count). The third-order valence-electron chi connectivity index (χ3n) is 6.23. The molecule has 0 spiro atoms. The van der Waals surface area contributed by atoms with E-state index in [4.69, 9.17) is 5.73 Å². The second kappa shape index (κ2) is 13.8. The van der Waals surface area contributed by atoms with Crippen molar-refractivity contribution in [1.82, 2.24) is 20.9 Å². The lowest BCUT2D eigenvalue weighted by atomic mass is 10.0. The summed E-state index contributed by atoms with van der Waals surface area (Å²) in [6.07, 6.45) is 0.663. The predicted octanol–water partition coefficient (Wildman–Crippen LogP) is 0.130. The Hall–Kier alpha value is -3.87. The van der Waals surface area contributed by atoms with Gasteiger partial charge in [-0.15, -0.1) is 0 Å². The summed E-state index contributed by atoms with van der Waals surface area (Å²) in [6.45, 7) is 1.31. The molecule has 5 unspecified atom stereocenters. The number of rotatable bonds is 13. The van der Waals surface area contributed by atoms with Crippen LogP contribution in [0.2, 0.25) is 0 Å². The van der Waals surface area contributed by atoms with Gasteiger partial charge in [0.05, 0.1) is 12.1 Å². The molecule has 3 amide bonds. The Morgan fingerprint density at radius 1 is 0.897 bits per heavy atom. The number of nitrogens with two attached hydrogens (primary N) is 1. The summed E-state index contributed by atoms with van der Waals surface area (Å²) in [4.78, 5) is 53.4. The zero-order valence-electron chi connectivity index (χ0n) is 21.3. The molecular formula is C27H33N5O6S. The molecule has 8 N–H and O–H groups in total. The van der Waals surface area contributed by atoms with Gasteiger partial charge in [0, 0.05) is 29.3 Å². The Labute approximate surface area is 231 Å². The molecular weight excluding hydrogens is 522 g/mol. The second-order valence-corrected chi connectivity index (χ2v) is 9.60. The first-order valence-electron chi connectivity index (χ1n) is 12.4. The van der Waals surface area contributed by atoms with Gasteiger partial charge in [-0.05, 0) is 30.5 Å². The van der Waals surface area contributed by atoms with Gasteiger partial charge in [-0.2, -0.15) is 12.6 Å². The summed E-state index contributed by atoms with van der Waals surface area (Å²) in [7, 11) is 0. The molecule has 0 bridgehead atoms. The predicted molar refractivity (Wildman–Crippen MR) is 149 cm³/mol. The van der Waals surface area contributed by atoms with Crippen molar-refractivity contribution in [3.8, 4) is 0 Å². The van der Waals surface area contributed by atoms with Crippen molar-refractivity contribution >= 4 is 47.2 Å². The van der Waals surface area contributed by atoms with Crippen molar-refractivity contribution in [2.75, 3.05) is 5.75 Å². The van der Waals surface area contributed by atoms with Gasteiger partial charge in [-0.25, -0.2) is 4.79 Å². The fourth-order valence-corrected chi connectivity index (χ4v) is 4.33. The lowest BCUT2D eigenvalue weighted by molar-refractivity contribution is -0.142. The number of carboxylic acids is 1. The van der Waals surface area contributed by atoms with Crippen molar-refractivity contribution in [3.05, 3.63) is 71.9 Å². The highest BCUT2D eigenvalue weighted by atomic mass is 32.1. The van der Waals surface area contributed by atoms with Crippen LogP contribution in [0.5, 0.6) is 0 Å². The molecule has 1 heterocycles. The van der Waals surface area contributed by atoms with Gasteiger partial charge in [0.25, 0.3) is 0 Å². The number of aliphatic hydroxyl groups is 1. The molecule has 0 saturated heterocycles. The van der Waals surface area contributed by atoms with Crippen LogP contribution in [0.25, 0.3) is 10.9 Å². The Kier molecular flexibility index (Phi) is 10.5. The monoisotopic (exact) mass is 555 g/mol. The number of H-pyrrole nitrogens is 1. The van der Waals surface area contributed by atoms with Crippen molar-refractivity contribution < 1.29 is 29.4 Å². The molecule has 2 aromatic carbocycles. The molecule has 0 fully saturated rings. The van der Waals surface area contributed by atoms with Crippen LogP contribution >= 0.6 is 12.6 Å². The summed E-state index contributed by atoms with van der Waals surface area (Å²) < 4.78 is 0. The average molecular weight is 556 g/mol. The van der Waals surface area contributed by atoms with Gasteiger partial charge < -0.3 is 36.9 Å². The van der Waals surface area contributed by atoms with Crippen LogP contribution in [0.3, 0.4) is 0 Å². The lowest BCUT2D eigenvalue weighted by Gasteiger charge is -2.26. The largest absolute Gasteiger partial charge is 0.480 e. The van der Waals surface area contributed by atoms with Crippen LogP contribution in [0.4, 0.5) is 0 Å². The number of benzene rings is 2. The smallest absolute Gasteiger partial charge is 0.326 e. The van der Waals surface area contributed by atoms with Crippen molar-refractivity contribution in [3.63, 3.8) is 0 Å². The number of hydrogen-bond donors (Lipinski definition) is 8. The second-order valence-electron chi connectivity index (χ2n) is 9.23. The standard InChI is InChI=1S/C27H33N5O6S/c1-15(33)23(32-24(34)19(28)12-17-13-29-20-10-6-5-9-18(17)20)26(36)31-22(14-39)25(35)30-21(27(37)38)11-16-7-3-2-4-8-16/h2-10,13,15,19,21-23,29,33,39H,11-12,14,28H2,1H3,(H,30,35)(H,31,36)(H,32,34)(H,37,38). The Bertz CT molecular complexity index is 1300. The molecule has 3 aromatic rings. The fraction of sp³-hybridized carbons (Fsp3) is 0.333. The van der Waals surface area contributed by atoms with Crippen LogP contribution in [0.15, 0.2) is 60.8 Å². The minimum absolute atomic E-state index is 0.0375. The average Bonchev–Trinajstić information content (AvgIpc) is 3.32. The van der Waals surface area contributed by atoms with Gasteiger partial charge >= 0.3 is 5.97 Å². The van der Waals surface area contributed by atoms with Gasteiger partial charge in [0.2, 0.25) is 17.7 Å². The number of para-hydroxylation sites is 1. The SMILES string of the molecule is CC(O)C(NC(=O)C(N)Cc1c[nH]c2ccccc12)C(=O)NC(CS)C(=O)NC(Cc1ccccc1)C(=O)O. The number of carbonyl (C=O) groups is 4. The number of carbonyl (C=O) groups excluding carboxylic acids is 3.